The first-order valence-electron chi connectivity index (χ1n) is 6.09. The minimum atomic E-state index is 0.617. The van der Waals surface area contributed by atoms with Gasteiger partial charge in [-0.15, -0.1) is 0 Å². The van der Waals surface area contributed by atoms with Gasteiger partial charge in [-0.2, -0.15) is 0 Å². The molecule has 0 saturated heterocycles. The van der Waals surface area contributed by atoms with E-state index in [4.69, 9.17) is 0 Å². The van der Waals surface area contributed by atoms with Crippen molar-refractivity contribution in [1.29, 1.82) is 0 Å². The molecule has 1 unspecified atom stereocenters. The standard InChI is InChI=1S/C16H19P/c1-12(2)14-6-10-16(11-7-14)17-15-8-4-13(3)5-9-15/h4-12,17H,1-3H3. The van der Waals surface area contributed by atoms with E-state index in [1.165, 1.54) is 21.7 Å². The molecule has 0 aliphatic heterocycles. The summed E-state index contributed by atoms with van der Waals surface area (Å²) in [7, 11) is 0.763. The highest BCUT2D eigenvalue weighted by Crippen LogP contribution is 2.16. The summed E-state index contributed by atoms with van der Waals surface area (Å²) in [6.07, 6.45) is 0. The van der Waals surface area contributed by atoms with Crippen LogP contribution in [-0.2, 0) is 0 Å². The summed E-state index contributed by atoms with van der Waals surface area (Å²) < 4.78 is 0. The SMILES string of the molecule is Cc1ccc(Pc2ccc(C(C)C)cc2)cc1. The Kier molecular flexibility index (Phi) is 3.97. The lowest BCUT2D eigenvalue weighted by molar-refractivity contribution is 0.867. The molecule has 0 aliphatic carbocycles. The third-order valence-corrected chi connectivity index (χ3v) is 4.16. The quantitative estimate of drug-likeness (QED) is 0.719. The maximum atomic E-state index is 2.26. The van der Waals surface area contributed by atoms with E-state index in [0.717, 1.165) is 8.58 Å². The van der Waals surface area contributed by atoms with Crippen LogP contribution in [0.5, 0.6) is 0 Å². The van der Waals surface area contributed by atoms with E-state index in [9.17, 15) is 0 Å². The fourth-order valence-corrected chi connectivity index (χ4v) is 2.75. The predicted molar refractivity (Wildman–Crippen MR) is 79.3 cm³/mol. The fourth-order valence-electron chi connectivity index (χ4n) is 1.75. The number of rotatable bonds is 3. The van der Waals surface area contributed by atoms with E-state index >= 15 is 0 Å². The molecule has 1 heteroatoms. The molecule has 2 rings (SSSR count). The summed E-state index contributed by atoms with van der Waals surface area (Å²) in [5.41, 5.74) is 2.75. The molecule has 0 aromatic heterocycles. The van der Waals surface area contributed by atoms with Gasteiger partial charge >= 0.3 is 0 Å². The first-order chi connectivity index (χ1) is 8.15. The van der Waals surface area contributed by atoms with Crippen molar-refractivity contribution in [2.45, 2.75) is 26.7 Å². The summed E-state index contributed by atoms with van der Waals surface area (Å²) in [6, 6.07) is 17.8. The summed E-state index contributed by atoms with van der Waals surface area (Å²) >= 11 is 0. The van der Waals surface area contributed by atoms with Crippen molar-refractivity contribution in [3.8, 4) is 0 Å². The third kappa shape index (κ3) is 3.41. The van der Waals surface area contributed by atoms with Crippen LogP contribution >= 0.6 is 8.58 Å². The molecule has 0 radical (unpaired) electrons. The lowest BCUT2D eigenvalue weighted by Gasteiger charge is -2.07. The van der Waals surface area contributed by atoms with Crippen molar-refractivity contribution in [1.82, 2.24) is 0 Å². The van der Waals surface area contributed by atoms with Crippen LogP contribution in [0.15, 0.2) is 48.5 Å². The minimum Gasteiger partial charge on any atom is -0.0591 e. The van der Waals surface area contributed by atoms with Gasteiger partial charge in [0.05, 0.1) is 0 Å². The molecular weight excluding hydrogens is 223 g/mol. The third-order valence-electron chi connectivity index (χ3n) is 2.92. The second-order valence-corrected chi connectivity index (χ2v) is 6.17. The summed E-state index contributed by atoms with van der Waals surface area (Å²) in [5, 5.41) is 2.83. The number of hydrogen-bond donors (Lipinski definition) is 0. The van der Waals surface area contributed by atoms with Gasteiger partial charge in [0.1, 0.15) is 0 Å². The first-order valence-corrected chi connectivity index (χ1v) is 7.09. The van der Waals surface area contributed by atoms with Crippen molar-refractivity contribution in [2.24, 2.45) is 0 Å². The monoisotopic (exact) mass is 242 g/mol. The van der Waals surface area contributed by atoms with Crippen LogP contribution in [0.3, 0.4) is 0 Å². The Labute approximate surface area is 106 Å². The van der Waals surface area contributed by atoms with Crippen LogP contribution in [0.2, 0.25) is 0 Å². The average molecular weight is 242 g/mol. The van der Waals surface area contributed by atoms with Crippen molar-refractivity contribution in [2.75, 3.05) is 0 Å². The highest BCUT2D eigenvalue weighted by Gasteiger charge is 2.00. The van der Waals surface area contributed by atoms with E-state index in [-0.39, 0.29) is 0 Å². The van der Waals surface area contributed by atoms with Gasteiger partial charge in [-0.1, -0.05) is 76.5 Å². The molecule has 0 fully saturated rings. The fraction of sp³-hybridized carbons (Fsp3) is 0.250. The summed E-state index contributed by atoms with van der Waals surface area (Å²) in [5.74, 6) is 0.617. The Hall–Kier alpha value is -1.13. The molecule has 1 atom stereocenters. The van der Waals surface area contributed by atoms with Crippen LogP contribution in [0.25, 0.3) is 0 Å². The predicted octanol–water partition coefficient (Wildman–Crippen LogP) is 3.75. The van der Waals surface area contributed by atoms with Gasteiger partial charge in [0.2, 0.25) is 0 Å². The van der Waals surface area contributed by atoms with Gasteiger partial charge in [-0.25, -0.2) is 0 Å². The van der Waals surface area contributed by atoms with E-state index < -0.39 is 0 Å². The van der Waals surface area contributed by atoms with Crippen molar-refractivity contribution >= 4 is 19.2 Å². The van der Waals surface area contributed by atoms with Crippen molar-refractivity contribution in [3.05, 3.63) is 59.7 Å². The molecule has 0 spiro atoms. The molecule has 88 valence electrons. The number of benzene rings is 2. The smallest absolute Gasteiger partial charge is 0.0219 e. The average Bonchev–Trinajstić information content (AvgIpc) is 2.33. The molecule has 0 N–H and O–H groups in total. The summed E-state index contributed by atoms with van der Waals surface area (Å²) in [6.45, 7) is 6.60. The second kappa shape index (κ2) is 5.47. The van der Waals surface area contributed by atoms with Gasteiger partial charge in [-0.3, -0.25) is 0 Å². The minimum absolute atomic E-state index is 0.617. The Morgan fingerprint density at radius 2 is 1.24 bits per heavy atom. The van der Waals surface area contributed by atoms with Crippen LogP contribution in [0.4, 0.5) is 0 Å². The molecule has 2 aromatic carbocycles. The molecule has 17 heavy (non-hydrogen) atoms. The molecule has 0 aliphatic rings. The maximum Gasteiger partial charge on any atom is -0.0219 e. The summed E-state index contributed by atoms with van der Waals surface area (Å²) in [4.78, 5) is 0. The van der Waals surface area contributed by atoms with Gasteiger partial charge in [0.25, 0.3) is 0 Å². The van der Waals surface area contributed by atoms with Gasteiger partial charge in [0, 0.05) is 0 Å². The largest absolute Gasteiger partial charge is 0.0591 e. The number of aryl methyl sites for hydroxylation is 1. The normalized spacial score (nSPS) is 11.5. The Balaban J connectivity index is 2.11. The molecule has 0 saturated carbocycles. The van der Waals surface area contributed by atoms with Crippen LogP contribution < -0.4 is 10.6 Å². The van der Waals surface area contributed by atoms with Crippen LogP contribution in [0.1, 0.15) is 30.9 Å². The molecular formula is C16H19P. The maximum absolute atomic E-state index is 2.26. The van der Waals surface area contributed by atoms with Gasteiger partial charge < -0.3 is 0 Å². The van der Waals surface area contributed by atoms with Crippen LogP contribution in [-0.4, -0.2) is 0 Å². The molecule has 0 nitrogen and oxygen atoms in total. The molecule has 0 amide bonds. The van der Waals surface area contributed by atoms with E-state index in [1.54, 1.807) is 0 Å². The zero-order chi connectivity index (χ0) is 12.3. The lowest BCUT2D eigenvalue weighted by Crippen LogP contribution is -2.03. The molecule has 0 bridgehead atoms. The van der Waals surface area contributed by atoms with Gasteiger partial charge in [0.15, 0.2) is 0 Å². The molecule has 2 aromatic rings. The Bertz CT molecular complexity index is 466. The van der Waals surface area contributed by atoms with Crippen LogP contribution in [0, 0.1) is 6.92 Å². The van der Waals surface area contributed by atoms with E-state index in [0.29, 0.717) is 5.92 Å². The molecule has 0 heterocycles. The van der Waals surface area contributed by atoms with Crippen molar-refractivity contribution in [3.63, 3.8) is 0 Å². The Morgan fingerprint density at radius 1 is 0.765 bits per heavy atom. The van der Waals surface area contributed by atoms with E-state index in [1.807, 2.05) is 0 Å². The van der Waals surface area contributed by atoms with Crippen molar-refractivity contribution < 1.29 is 0 Å². The zero-order valence-corrected chi connectivity index (χ0v) is 11.7. The zero-order valence-electron chi connectivity index (χ0n) is 10.7. The highest BCUT2D eigenvalue weighted by molar-refractivity contribution is 7.55. The second-order valence-electron chi connectivity index (χ2n) is 4.77. The lowest BCUT2D eigenvalue weighted by atomic mass is 10.0. The van der Waals surface area contributed by atoms with Gasteiger partial charge in [-0.05, 0) is 29.0 Å². The first kappa shape index (κ1) is 12.3. The van der Waals surface area contributed by atoms with E-state index in [2.05, 4.69) is 69.3 Å². The highest BCUT2D eigenvalue weighted by atomic mass is 31.1. The Morgan fingerprint density at radius 3 is 1.71 bits per heavy atom. The topological polar surface area (TPSA) is 0 Å². The number of hydrogen-bond acceptors (Lipinski definition) is 0.